The number of hydrogen-bond donors (Lipinski definition) is 0. The van der Waals surface area contributed by atoms with Crippen LogP contribution in [-0.4, -0.2) is 10.8 Å². The number of aryl methyl sites for hydroxylation is 1. The van der Waals surface area contributed by atoms with E-state index in [9.17, 15) is 4.79 Å². The van der Waals surface area contributed by atoms with Gasteiger partial charge in [0.2, 0.25) is 0 Å². The van der Waals surface area contributed by atoms with Crippen LogP contribution in [-0.2, 0) is 6.42 Å². The number of nitrogens with zero attached hydrogens (tertiary/aromatic N) is 1. The number of Topliss-reactive ketones (excluding diaryl/α,β-unsaturated/α-hetero) is 1. The van der Waals surface area contributed by atoms with E-state index in [0.717, 1.165) is 29.5 Å². The van der Waals surface area contributed by atoms with Gasteiger partial charge in [-0.2, -0.15) is 0 Å². The first kappa shape index (κ1) is 11.6. The number of carbonyl (C=O) groups is 1. The smallest absolute Gasteiger partial charge is 0.167 e. The number of allylic oxidation sites excluding steroid dienone is 1. The molecule has 0 atom stereocenters. The molecule has 80 valence electrons. The van der Waals surface area contributed by atoms with Crippen LogP contribution in [0.1, 0.15) is 42.6 Å². The molecule has 15 heavy (non-hydrogen) atoms. The van der Waals surface area contributed by atoms with Gasteiger partial charge >= 0.3 is 0 Å². The molecule has 2 nitrogen and oxygen atoms in total. The third kappa shape index (κ3) is 3.01. The largest absolute Gasteiger partial charge is 0.294 e. The summed E-state index contributed by atoms with van der Waals surface area (Å²) in [6.07, 6.45) is 5.59. The van der Waals surface area contributed by atoms with Gasteiger partial charge in [-0.1, -0.05) is 26.0 Å². The van der Waals surface area contributed by atoms with Crippen molar-refractivity contribution < 1.29 is 4.79 Å². The fourth-order valence-corrected chi connectivity index (χ4v) is 1.43. The summed E-state index contributed by atoms with van der Waals surface area (Å²) in [4.78, 5) is 15.9. The maximum absolute atomic E-state index is 11.9. The average molecular weight is 203 g/mol. The van der Waals surface area contributed by atoms with Gasteiger partial charge in [0.25, 0.3) is 0 Å². The maximum Gasteiger partial charge on any atom is 0.167 e. The molecule has 0 N–H and O–H groups in total. The molecule has 0 saturated carbocycles. The van der Waals surface area contributed by atoms with Crippen LogP contribution in [0.15, 0.2) is 30.6 Å². The Morgan fingerprint density at radius 1 is 1.47 bits per heavy atom. The standard InChI is InChI=1S/C13H17NO/c1-4-10(3)8-13(15)12-6-7-14-9-11(12)5-2/h6-7,9H,3-5,8H2,1-2H3. The summed E-state index contributed by atoms with van der Waals surface area (Å²) in [7, 11) is 0. The molecular formula is C13H17NO. The number of rotatable bonds is 5. The molecule has 0 aliphatic heterocycles. The van der Waals surface area contributed by atoms with Crippen molar-refractivity contribution in [3.63, 3.8) is 0 Å². The van der Waals surface area contributed by atoms with Crippen LogP contribution >= 0.6 is 0 Å². The lowest BCUT2D eigenvalue weighted by Crippen LogP contribution is -2.04. The van der Waals surface area contributed by atoms with Gasteiger partial charge < -0.3 is 0 Å². The first-order valence-corrected chi connectivity index (χ1v) is 5.31. The predicted molar refractivity (Wildman–Crippen MR) is 62.0 cm³/mol. The first-order valence-electron chi connectivity index (χ1n) is 5.31. The van der Waals surface area contributed by atoms with Crippen LogP contribution in [0.2, 0.25) is 0 Å². The Morgan fingerprint density at radius 3 is 2.80 bits per heavy atom. The molecule has 0 amide bonds. The van der Waals surface area contributed by atoms with Gasteiger partial charge in [0.05, 0.1) is 0 Å². The van der Waals surface area contributed by atoms with Crippen molar-refractivity contribution in [2.45, 2.75) is 33.1 Å². The van der Waals surface area contributed by atoms with Gasteiger partial charge in [-0.3, -0.25) is 9.78 Å². The molecule has 1 rings (SSSR count). The van der Waals surface area contributed by atoms with E-state index in [2.05, 4.69) is 11.6 Å². The summed E-state index contributed by atoms with van der Waals surface area (Å²) < 4.78 is 0. The van der Waals surface area contributed by atoms with Crippen LogP contribution in [0.25, 0.3) is 0 Å². The van der Waals surface area contributed by atoms with Crippen molar-refractivity contribution in [2.75, 3.05) is 0 Å². The zero-order valence-corrected chi connectivity index (χ0v) is 9.42. The monoisotopic (exact) mass is 203 g/mol. The molecule has 1 aromatic rings. The second-order valence-electron chi connectivity index (χ2n) is 3.59. The van der Waals surface area contributed by atoms with Crippen LogP contribution in [0.3, 0.4) is 0 Å². The molecule has 1 heterocycles. The number of ketones is 1. The summed E-state index contributed by atoms with van der Waals surface area (Å²) in [5, 5.41) is 0. The van der Waals surface area contributed by atoms with Gasteiger partial charge in [-0.05, 0) is 24.5 Å². The summed E-state index contributed by atoms with van der Waals surface area (Å²) in [5.41, 5.74) is 2.80. The Bertz CT molecular complexity index is 369. The highest BCUT2D eigenvalue weighted by Gasteiger charge is 2.10. The lowest BCUT2D eigenvalue weighted by molar-refractivity contribution is 0.0991. The van der Waals surface area contributed by atoms with Crippen molar-refractivity contribution in [3.8, 4) is 0 Å². The molecule has 0 fully saturated rings. The molecule has 0 radical (unpaired) electrons. The Labute approximate surface area is 91.0 Å². The lowest BCUT2D eigenvalue weighted by Gasteiger charge is -2.06. The van der Waals surface area contributed by atoms with E-state index in [-0.39, 0.29) is 5.78 Å². The van der Waals surface area contributed by atoms with Crippen LogP contribution in [0, 0.1) is 0 Å². The molecule has 1 aromatic heterocycles. The molecule has 0 aromatic carbocycles. The summed E-state index contributed by atoms with van der Waals surface area (Å²) in [6.45, 7) is 7.90. The van der Waals surface area contributed by atoms with E-state index < -0.39 is 0 Å². The molecule has 0 aliphatic rings. The van der Waals surface area contributed by atoms with E-state index in [0.29, 0.717) is 6.42 Å². The number of carbonyl (C=O) groups excluding carboxylic acids is 1. The number of hydrogen-bond acceptors (Lipinski definition) is 2. The molecular weight excluding hydrogens is 186 g/mol. The second-order valence-corrected chi connectivity index (χ2v) is 3.59. The summed E-state index contributed by atoms with van der Waals surface area (Å²) >= 11 is 0. The fourth-order valence-electron chi connectivity index (χ4n) is 1.43. The van der Waals surface area contributed by atoms with Gasteiger partial charge in [-0.25, -0.2) is 0 Å². The van der Waals surface area contributed by atoms with E-state index in [1.807, 2.05) is 13.8 Å². The Hall–Kier alpha value is -1.44. The quantitative estimate of drug-likeness (QED) is 0.543. The Kier molecular flexibility index (Phi) is 4.22. The molecule has 0 saturated heterocycles. The van der Waals surface area contributed by atoms with Crippen molar-refractivity contribution in [3.05, 3.63) is 41.7 Å². The Morgan fingerprint density at radius 2 is 2.20 bits per heavy atom. The molecule has 0 unspecified atom stereocenters. The highest BCUT2D eigenvalue weighted by atomic mass is 16.1. The maximum atomic E-state index is 11.9. The predicted octanol–water partition coefficient (Wildman–Crippen LogP) is 3.18. The third-order valence-electron chi connectivity index (χ3n) is 2.50. The average Bonchev–Trinajstić information content (AvgIpc) is 2.28. The van der Waals surface area contributed by atoms with Gasteiger partial charge in [0.15, 0.2) is 5.78 Å². The van der Waals surface area contributed by atoms with E-state index in [1.165, 1.54) is 0 Å². The van der Waals surface area contributed by atoms with E-state index in [4.69, 9.17) is 0 Å². The summed E-state index contributed by atoms with van der Waals surface area (Å²) in [6, 6.07) is 1.80. The molecule has 0 aliphatic carbocycles. The third-order valence-corrected chi connectivity index (χ3v) is 2.50. The SMILES string of the molecule is C=C(CC)CC(=O)c1ccncc1CC. The molecule has 2 heteroatoms. The zero-order valence-electron chi connectivity index (χ0n) is 9.42. The van der Waals surface area contributed by atoms with Crippen molar-refractivity contribution >= 4 is 5.78 Å². The van der Waals surface area contributed by atoms with Crippen LogP contribution in [0.5, 0.6) is 0 Å². The minimum Gasteiger partial charge on any atom is -0.294 e. The zero-order chi connectivity index (χ0) is 11.3. The topological polar surface area (TPSA) is 30.0 Å². The van der Waals surface area contributed by atoms with Crippen LogP contribution in [0.4, 0.5) is 0 Å². The lowest BCUT2D eigenvalue weighted by atomic mass is 9.99. The number of pyridine rings is 1. The second kappa shape index (κ2) is 5.44. The first-order chi connectivity index (χ1) is 7.19. The van der Waals surface area contributed by atoms with Crippen LogP contribution < -0.4 is 0 Å². The van der Waals surface area contributed by atoms with Crippen molar-refractivity contribution in [1.29, 1.82) is 0 Å². The minimum absolute atomic E-state index is 0.154. The normalized spacial score (nSPS) is 10.0. The molecule has 0 bridgehead atoms. The number of aromatic nitrogens is 1. The van der Waals surface area contributed by atoms with Crippen molar-refractivity contribution in [2.24, 2.45) is 0 Å². The van der Waals surface area contributed by atoms with Gasteiger partial charge in [0, 0.05) is 24.4 Å². The molecule has 0 spiro atoms. The highest BCUT2D eigenvalue weighted by molar-refractivity contribution is 5.98. The van der Waals surface area contributed by atoms with Gasteiger partial charge in [-0.15, -0.1) is 0 Å². The highest BCUT2D eigenvalue weighted by Crippen LogP contribution is 2.14. The summed E-state index contributed by atoms with van der Waals surface area (Å²) in [5.74, 6) is 0.154. The fraction of sp³-hybridized carbons (Fsp3) is 0.385. The van der Waals surface area contributed by atoms with Crippen molar-refractivity contribution in [1.82, 2.24) is 4.98 Å². The Balaban J connectivity index is 2.86. The minimum atomic E-state index is 0.154. The van der Waals surface area contributed by atoms with Gasteiger partial charge in [0.1, 0.15) is 0 Å². The van der Waals surface area contributed by atoms with E-state index >= 15 is 0 Å². The van der Waals surface area contributed by atoms with E-state index in [1.54, 1.807) is 18.5 Å².